The zero-order chi connectivity index (χ0) is 24.2. The number of amides is 1. The molecule has 1 saturated heterocycles. The van der Waals surface area contributed by atoms with Crippen molar-refractivity contribution in [3.8, 4) is 17.2 Å². The van der Waals surface area contributed by atoms with Gasteiger partial charge in [-0.3, -0.25) is 4.79 Å². The summed E-state index contributed by atoms with van der Waals surface area (Å²) in [6.07, 6.45) is 2.39. The number of aryl methyl sites for hydroxylation is 1. The summed E-state index contributed by atoms with van der Waals surface area (Å²) in [5.41, 5.74) is 3.61. The largest absolute Gasteiger partial charge is 0.493 e. The smallest absolute Gasteiger partial charge is 0.274 e. The first-order valence-corrected chi connectivity index (χ1v) is 11.8. The highest BCUT2D eigenvalue weighted by atomic mass is 35.5. The van der Waals surface area contributed by atoms with E-state index in [0.29, 0.717) is 31.2 Å². The van der Waals surface area contributed by atoms with E-state index in [9.17, 15) is 4.79 Å². The first-order chi connectivity index (χ1) is 16.4. The van der Waals surface area contributed by atoms with Gasteiger partial charge in [0, 0.05) is 19.0 Å². The van der Waals surface area contributed by atoms with Crippen LogP contribution in [0.15, 0.2) is 48.7 Å². The fourth-order valence-corrected chi connectivity index (χ4v) is 4.46. The summed E-state index contributed by atoms with van der Waals surface area (Å²) in [6.45, 7) is 3.70. The number of pyridine rings is 1. The molecule has 6 nitrogen and oxygen atoms in total. The van der Waals surface area contributed by atoms with Crippen LogP contribution in [-0.4, -0.2) is 43.1 Å². The predicted molar refractivity (Wildman–Crippen MR) is 133 cm³/mol. The molecular formula is C26H26Cl2N2O4. The second kappa shape index (κ2) is 10.5. The van der Waals surface area contributed by atoms with Crippen LogP contribution >= 0.6 is 23.2 Å². The molecule has 0 aliphatic carbocycles. The third-order valence-electron chi connectivity index (χ3n) is 5.99. The molecule has 0 saturated carbocycles. The SMILES string of the molecule is CCc1ccc(COc2ccc(C3CN(C(=O)c4ncc(Cl)c(OC)c4Cl)C3)cc2OC)cc1. The highest BCUT2D eigenvalue weighted by Gasteiger charge is 2.35. The molecule has 1 fully saturated rings. The minimum atomic E-state index is -0.253. The van der Waals surface area contributed by atoms with Crippen molar-refractivity contribution in [2.45, 2.75) is 25.9 Å². The van der Waals surface area contributed by atoms with Gasteiger partial charge < -0.3 is 19.1 Å². The minimum Gasteiger partial charge on any atom is -0.493 e. The molecule has 0 atom stereocenters. The number of likely N-dealkylation sites (tertiary alicyclic amines) is 1. The molecule has 4 rings (SSSR count). The first kappa shape index (κ1) is 24.2. The van der Waals surface area contributed by atoms with Crippen LogP contribution in [0.1, 0.15) is 40.0 Å². The Morgan fingerprint density at radius 1 is 1.03 bits per heavy atom. The van der Waals surface area contributed by atoms with Gasteiger partial charge in [0.1, 0.15) is 16.7 Å². The third-order valence-corrected chi connectivity index (χ3v) is 6.61. The maximum absolute atomic E-state index is 12.9. The fraction of sp³-hybridized carbons (Fsp3) is 0.308. The van der Waals surface area contributed by atoms with Crippen LogP contribution in [0, 0.1) is 0 Å². The molecule has 0 radical (unpaired) electrons. The Morgan fingerprint density at radius 3 is 2.38 bits per heavy atom. The Hall–Kier alpha value is -2.96. The molecule has 0 N–H and O–H groups in total. The summed E-state index contributed by atoms with van der Waals surface area (Å²) < 4.78 is 16.8. The van der Waals surface area contributed by atoms with Crippen molar-refractivity contribution in [3.05, 3.63) is 81.1 Å². The summed E-state index contributed by atoms with van der Waals surface area (Å²) in [6, 6.07) is 14.3. The highest BCUT2D eigenvalue weighted by molar-refractivity contribution is 6.38. The van der Waals surface area contributed by atoms with E-state index in [-0.39, 0.29) is 33.3 Å². The zero-order valence-electron chi connectivity index (χ0n) is 19.3. The van der Waals surface area contributed by atoms with Gasteiger partial charge in [0.2, 0.25) is 0 Å². The number of methoxy groups -OCH3 is 2. The second-order valence-corrected chi connectivity index (χ2v) is 8.86. The summed E-state index contributed by atoms with van der Waals surface area (Å²) in [7, 11) is 3.07. The fourth-order valence-electron chi connectivity index (χ4n) is 3.88. The number of ether oxygens (including phenoxy) is 3. The van der Waals surface area contributed by atoms with Crippen LogP contribution in [0.4, 0.5) is 0 Å². The maximum atomic E-state index is 12.9. The van der Waals surface area contributed by atoms with Crippen LogP contribution in [-0.2, 0) is 13.0 Å². The number of hydrogen-bond donors (Lipinski definition) is 0. The Morgan fingerprint density at radius 2 is 1.74 bits per heavy atom. The number of aromatic nitrogens is 1. The molecule has 0 bridgehead atoms. The van der Waals surface area contributed by atoms with E-state index in [2.05, 4.69) is 36.2 Å². The molecule has 0 unspecified atom stereocenters. The van der Waals surface area contributed by atoms with Gasteiger partial charge in [0.25, 0.3) is 5.91 Å². The van der Waals surface area contributed by atoms with Crippen molar-refractivity contribution >= 4 is 29.1 Å². The van der Waals surface area contributed by atoms with Gasteiger partial charge in [-0.2, -0.15) is 0 Å². The van der Waals surface area contributed by atoms with Crippen molar-refractivity contribution in [2.75, 3.05) is 27.3 Å². The molecule has 2 aromatic carbocycles. The molecule has 1 amide bonds. The molecular weight excluding hydrogens is 475 g/mol. The summed E-state index contributed by atoms with van der Waals surface area (Å²) in [5.74, 6) is 1.53. The van der Waals surface area contributed by atoms with Gasteiger partial charge in [-0.25, -0.2) is 4.98 Å². The summed E-state index contributed by atoms with van der Waals surface area (Å²) in [5, 5.41) is 0.383. The molecule has 1 aliphatic rings. The average molecular weight is 501 g/mol. The molecule has 178 valence electrons. The average Bonchev–Trinajstić information content (AvgIpc) is 2.82. The van der Waals surface area contributed by atoms with Crippen molar-refractivity contribution in [1.82, 2.24) is 9.88 Å². The number of carbonyl (C=O) groups is 1. The van der Waals surface area contributed by atoms with Crippen LogP contribution in [0.25, 0.3) is 0 Å². The number of hydrogen-bond acceptors (Lipinski definition) is 5. The monoisotopic (exact) mass is 500 g/mol. The lowest BCUT2D eigenvalue weighted by Gasteiger charge is -2.39. The molecule has 1 aliphatic heterocycles. The molecule has 1 aromatic heterocycles. The van der Waals surface area contributed by atoms with E-state index in [1.807, 2.05) is 18.2 Å². The zero-order valence-corrected chi connectivity index (χ0v) is 20.8. The van der Waals surface area contributed by atoms with Gasteiger partial charge in [-0.15, -0.1) is 0 Å². The van der Waals surface area contributed by atoms with Crippen LogP contribution in [0.3, 0.4) is 0 Å². The lowest BCUT2D eigenvalue weighted by atomic mass is 9.91. The number of carbonyl (C=O) groups excluding carboxylic acids is 1. The van der Waals surface area contributed by atoms with Crippen LogP contribution in [0.2, 0.25) is 10.0 Å². The highest BCUT2D eigenvalue weighted by Crippen LogP contribution is 2.38. The Kier molecular flexibility index (Phi) is 7.49. The van der Waals surface area contributed by atoms with E-state index in [0.717, 1.165) is 17.5 Å². The molecule has 2 heterocycles. The Balaban J connectivity index is 1.40. The van der Waals surface area contributed by atoms with Crippen molar-refractivity contribution in [1.29, 1.82) is 0 Å². The molecule has 3 aromatic rings. The number of halogens is 2. The third kappa shape index (κ3) is 4.93. The van der Waals surface area contributed by atoms with Crippen molar-refractivity contribution in [3.63, 3.8) is 0 Å². The van der Waals surface area contributed by atoms with E-state index < -0.39 is 0 Å². The van der Waals surface area contributed by atoms with E-state index in [1.54, 1.807) is 12.0 Å². The Bertz CT molecular complexity index is 1180. The maximum Gasteiger partial charge on any atom is 0.274 e. The van der Waals surface area contributed by atoms with Crippen molar-refractivity contribution in [2.24, 2.45) is 0 Å². The normalized spacial score (nSPS) is 13.4. The van der Waals surface area contributed by atoms with Gasteiger partial charge in [-0.05, 0) is 35.2 Å². The molecule has 0 spiro atoms. The quantitative estimate of drug-likeness (QED) is 0.391. The standard InChI is InChI=1S/C26H26Cl2N2O4/c1-4-16-5-7-17(8-6-16)15-34-21-10-9-18(11-22(21)32-2)19-13-30(14-19)26(31)24-23(28)25(33-3)20(27)12-29-24/h5-12,19H,4,13-15H2,1-3H3. The number of benzene rings is 2. The van der Waals surface area contributed by atoms with Gasteiger partial charge in [0.05, 0.1) is 20.4 Å². The van der Waals surface area contributed by atoms with Crippen molar-refractivity contribution < 1.29 is 19.0 Å². The van der Waals surface area contributed by atoms with Crippen LogP contribution < -0.4 is 14.2 Å². The molecule has 8 heteroatoms. The second-order valence-electron chi connectivity index (χ2n) is 8.08. The minimum absolute atomic E-state index is 0.121. The number of nitrogens with zero attached hydrogens (tertiary/aromatic N) is 2. The Labute approximate surface area is 209 Å². The lowest BCUT2D eigenvalue weighted by Crippen LogP contribution is -2.48. The lowest BCUT2D eigenvalue weighted by molar-refractivity contribution is 0.0595. The predicted octanol–water partition coefficient (Wildman–Crippen LogP) is 5.79. The topological polar surface area (TPSA) is 60.9 Å². The first-order valence-electron chi connectivity index (χ1n) is 11.0. The summed E-state index contributed by atoms with van der Waals surface area (Å²) in [4.78, 5) is 18.7. The van der Waals surface area contributed by atoms with Gasteiger partial charge in [-0.1, -0.05) is 60.5 Å². The van der Waals surface area contributed by atoms with Gasteiger partial charge in [0.15, 0.2) is 22.9 Å². The van der Waals surface area contributed by atoms with E-state index >= 15 is 0 Å². The van der Waals surface area contributed by atoms with E-state index in [4.69, 9.17) is 37.4 Å². The van der Waals surface area contributed by atoms with Gasteiger partial charge >= 0.3 is 0 Å². The number of rotatable bonds is 8. The summed E-state index contributed by atoms with van der Waals surface area (Å²) >= 11 is 12.3. The molecule has 34 heavy (non-hydrogen) atoms. The van der Waals surface area contributed by atoms with E-state index in [1.165, 1.54) is 18.9 Å². The van der Waals surface area contributed by atoms with Crippen LogP contribution in [0.5, 0.6) is 17.2 Å².